The van der Waals surface area contributed by atoms with Crippen LogP contribution in [-0.4, -0.2) is 41.1 Å². The Balaban J connectivity index is 1.53. The molecule has 1 aromatic rings. The molecule has 1 spiro atoms. The summed E-state index contributed by atoms with van der Waals surface area (Å²) in [7, 11) is 0. The van der Waals surface area contributed by atoms with Gasteiger partial charge in [-0.25, -0.2) is 0 Å². The molecule has 2 aliphatic heterocycles. The van der Waals surface area contributed by atoms with E-state index in [2.05, 4.69) is 0 Å². The normalized spacial score (nSPS) is 42.3. The Morgan fingerprint density at radius 1 is 1.18 bits per heavy atom. The standard InChI is InChI=1S/C17H22O5/c1-16(2)20-13-14(19-10-11-6-4-3-5-7-11)17(9-8-12(17)18)22-15(13)21-16/h3-7,12-15,18H,8-10H2,1-2H3/t12-,13+,14?,15?,17+/m1/s1. The second-order valence-electron chi connectivity index (χ2n) is 6.81. The molecule has 5 heteroatoms. The van der Waals surface area contributed by atoms with Crippen molar-refractivity contribution < 1.29 is 24.1 Å². The number of benzene rings is 1. The van der Waals surface area contributed by atoms with Crippen LogP contribution in [0.2, 0.25) is 0 Å². The van der Waals surface area contributed by atoms with Gasteiger partial charge in [0.2, 0.25) is 0 Å². The molecule has 1 aromatic carbocycles. The highest BCUT2D eigenvalue weighted by Crippen LogP contribution is 2.52. The molecule has 4 rings (SSSR count). The van der Waals surface area contributed by atoms with Crippen molar-refractivity contribution in [1.82, 2.24) is 0 Å². The summed E-state index contributed by atoms with van der Waals surface area (Å²) in [6, 6.07) is 9.99. The summed E-state index contributed by atoms with van der Waals surface area (Å²) >= 11 is 0. The molecule has 3 aliphatic rings. The van der Waals surface area contributed by atoms with E-state index in [1.807, 2.05) is 44.2 Å². The van der Waals surface area contributed by atoms with Crippen LogP contribution < -0.4 is 0 Å². The molecule has 1 saturated carbocycles. The van der Waals surface area contributed by atoms with Crippen LogP contribution in [-0.2, 0) is 25.6 Å². The highest BCUT2D eigenvalue weighted by atomic mass is 16.8. The zero-order chi connectivity index (χ0) is 15.4. The minimum Gasteiger partial charge on any atom is -0.390 e. The van der Waals surface area contributed by atoms with Crippen molar-refractivity contribution in [2.75, 3.05) is 0 Å². The van der Waals surface area contributed by atoms with Gasteiger partial charge in [0.25, 0.3) is 0 Å². The van der Waals surface area contributed by atoms with E-state index in [1.165, 1.54) is 0 Å². The summed E-state index contributed by atoms with van der Waals surface area (Å²) in [6.45, 7) is 4.20. The molecule has 120 valence electrons. The Hall–Kier alpha value is -0.980. The molecule has 2 heterocycles. The zero-order valence-corrected chi connectivity index (χ0v) is 12.9. The minimum atomic E-state index is -0.681. The van der Waals surface area contributed by atoms with Crippen molar-refractivity contribution in [1.29, 1.82) is 0 Å². The van der Waals surface area contributed by atoms with Gasteiger partial charge in [-0.15, -0.1) is 0 Å². The van der Waals surface area contributed by atoms with Gasteiger partial charge in [0.1, 0.15) is 17.8 Å². The van der Waals surface area contributed by atoms with Crippen LogP contribution in [0.25, 0.3) is 0 Å². The van der Waals surface area contributed by atoms with Gasteiger partial charge in [0.05, 0.1) is 12.7 Å². The largest absolute Gasteiger partial charge is 0.390 e. The Labute approximate surface area is 130 Å². The molecule has 0 aromatic heterocycles. The SMILES string of the molecule is CC1(C)OC2O[C@]3(CC[C@H]3O)C(OCc3ccccc3)[C@@H]2O1. The molecular formula is C17H22O5. The number of rotatable bonds is 3. The summed E-state index contributed by atoms with van der Waals surface area (Å²) < 4.78 is 23.9. The van der Waals surface area contributed by atoms with E-state index in [9.17, 15) is 5.11 Å². The number of hydrogen-bond acceptors (Lipinski definition) is 5. The fourth-order valence-electron chi connectivity index (χ4n) is 3.64. The van der Waals surface area contributed by atoms with E-state index in [1.54, 1.807) is 0 Å². The summed E-state index contributed by atoms with van der Waals surface area (Å²) in [5.41, 5.74) is 0.411. The van der Waals surface area contributed by atoms with Crippen LogP contribution in [0.15, 0.2) is 30.3 Å². The second kappa shape index (κ2) is 5.01. The lowest BCUT2D eigenvalue weighted by Crippen LogP contribution is -2.61. The van der Waals surface area contributed by atoms with Crippen LogP contribution in [0.4, 0.5) is 0 Å². The van der Waals surface area contributed by atoms with E-state index in [0.29, 0.717) is 6.61 Å². The van der Waals surface area contributed by atoms with E-state index >= 15 is 0 Å². The van der Waals surface area contributed by atoms with Crippen molar-refractivity contribution in [2.45, 2.75) is 69.3 Å². The van der Waals surface area contributed by atoms with Gasteiger partial charge in [-0.05, 0) is 32.3 Å². The van der Waals surface area contributed by atoms with Crippen LogP contribution in [0.5, 0.6) is 0 Å². The van der Waals surface area contributed by atoms with Gasteiger partial charge in [0.15, 0.2) is 12.1 Å². The predicted molar refractivity (Wildman–Crippen MR) is 77.9 cm³/mol. The third-order valence-electron chi connectivity index (χ3n) is 4.85. The fraction of sp³-hybridized carbons (Fsp3) is 0.647. The molecule has 0 radical (unpaired) electrons. The third kappa shape index (κ3) is 2.20. The summed E-state index contributed by atoms with van der Waals surface area (Å²) in [6.07, 6.45) is -0.0984. The number of aliphatic hydroxyl groups is 1. The zero-order valence-electron chi connectivity index (χ0n) is 12.9. The Bertz CT molecular complexity index is 545. The predicted octanol–water partition coefficient (Wildman–Crippen LogP) is 1.97. The summed E-state index contributed by atoms with van der Waals surface area (Å²) in [5, 5.41) is 10.2. The molecule has 1 aliphatic carbocycles. The summed E-state index contributed by atoms with van der Waals surface area (Å²) in [5.74, 6) is -0.681. The number of ether oxygens (including phenoxy) is 4. The smallest absolute Gasteiger partial charge is 0.190 e. The minimum absolute atomic E-state index is 0.298. The third-order valence-corrected chi connectivity index (χ3v) is 4.85. The van der Waals surface area contributed by atoms with Gasteiger partial charge >= 0.3 is 0 Å². The van der Waals surface area contributed by atoms with Crippen molar-refractivity contribution in [2.24, 2.45) is 0 Å². The first-order chi connectivity index (χ1) is 10.5. The molecule has 0 amide bonds. The molecule has 2 saturated heterocycles. The lowest BCUT2D eigenvalue weighted by molar-refractivity contribution is -0.287. The van der Waals surface area contributed by atoms with Crippen molar-refractivity contribution in [3.05, 3.63) is 35.9 Å². The van der Waals surface area contributed by atoms with E-state index in [0.717, 1.165) is 18.4 Å². The molecule has 5 nitrogen and oxygen atoms in total. The molecule has 5 atom stereocenters. The number of hydrogen-bond donors (Lipinski definition) is 1. The van der Waals surface area contributed by atoms with Crippen molar-refractivity contribution in [3.63, 3.8) is 0 Å². The van der Waals surface area contributed by atoms with Crippen LogP contribution in [0.3, 0.4) is 0 Å². The molecular weight excluding hydrogens is 284 g/mol. The van der Waals surface area contributed by atoms with E-state index < -0.39 is 23.8 Å². The lowest BCUT2D eigenvalue weighted by Gasteiger charge is -2.47. The average Bonchev–Trinajstić information content (AvgIpc) is 2.95. The van der Waals surface area contributed by atoms with Crippen molar-refractivity contribution >= 4 is 0 Å². The number of fused-ring (bicyclic) bond motifs is 1. The first-order valence-electron chi connectivity index (χ1n) is 7.87. The Morgan fingerprint density at radius 2 is 1.95 bits per heavy atom. The van der Waals surface area contributed by atoms with E-state index in [4.69, 9.17) is 18.9 Å². The lowest BCUT2D eigenvalue weighted by atomic mass is 9.73. The molecule has 3 fully saturated rings. The van der Waals surface area contributed by atoms with E-state index in [-0.39, 0.29) is 12.2 Å². The highest BCUT2D eigenvalue weighted by molar-refractivity contribution is 5.16. The first kappa shape index (κ1) is 14.6. The van der Waals surface area contributed by atoms with Gasteiger partial charge in [-0.1, -0.05) is 30.3 Å². The average molecular weight is 306 g/mol. The van der Waals surface area contributed by atoms with Gasteiger partial charge in [0, 0.05) is 0 Å². The highest BCUT2D eigenvalue weighted by Gasteiger charge is 2.68. The molecule has 1 N–H and O–H groups in total. The van der Waals surface area contributed by atoms with Crippen LogP contribution in [0.1, 0.15) is 32.3 Å². The maximum atomic E-state index is 10.2. The maximum absolute atomic E-state index is 10.2. The quantitative estimate of drug-likeness (QED) is 0.925. The topological polar surface area (TPSA) is 57.2 Å². The van der Waals surface area contributed by atoms with Gasteiger partial charge in [-0.2, -0.15) is 0 Å². The van der Waals surface area contributed by atoms with Crippen molar-refractivity contribution in [3.8, 4) is 0 Å². The molecule has 2 unspecified atom stereocenters. The molecule has 22 heavy (non-hydrogen) atoms. The van der Waals surface area contributed by atoms with Gasteiger partial charge < -0.3 is 24.1 Å². The first-order valence-corrected chi connectivity index (χ1v) is 7.87. The number of aliphatic hydroxyl groups excluding tert-OH is 1. The fourth-order valence-corrected chi connectivity index (χ4v) is 3.64. The second-order valence-corrected chi connectivity index (χ2v) is 6.81. The summed E-state index contributed by atoms with van der Waals surface area (Å²) in [4.78, 5) is 0. The van der Waals surface area contributed by atoms with Gasteiger partial charge in [-0.3, -0.25) is 0 Å². The Kier molecular flexibility index (Phi) is 3.33. The Morgan fingerprint density at radius 3 is 2.59 bits per heavy atom. The van der Waals surface area contributed by atoms with Crippen LogP contribution >= 0.6 is 0 Å². The monoisotopic (exact) mass is 306 g/mol. The maximum Gasteiger partial charge on any atom is 0.190 e. The van der Waals surface area contributed by atoms with Crippen LogP contribution in [0, 0.1) is 0 Å². The molecule has 0 bridgehead atoms.